The smallest absolute Gasteiger partial charge is 0.332 e. The maximum Gasteiger partial charge on any atom is 0.332 e. The van der Waals surface area contributed by atoms with Crippen LogP contribution in [0.2, 0.25) is 0 Å². The van der Waals surface area contributed by atoms with Crippen molar-refractivity contribution in [3.63, 3.8) is 0 Å². The minimum absolute atomic E-state index is 0.294. The Hall–Kier alpha value is -1.29. The number of rotatable bonds is 7. The molecule has 0 saturated heterocycles. The lowest BCUT2D eigenvalue weighted by atomic mass is 10.2. The molecule has 0 aliphatic heterocycles. The van der Waals surface area contributed by atoms with Gasteiger partial charge in [0.05, 0.1) is 7.11 Å². The third-order valence-electron chi connectivity index (χ3n) is 2.32. The van der Waals surface area contributed by atoms with Crippen molar-refractivity contribution in [2.24, 2.45) is 0 Å². The molecule has 0 aliphatic carbocycles. The van der Waals surface area contributed by atoms with Crippen molar-refractivity contribution in [2.45, 2.75) is 26.2 Å². The Kier molecular flexibility index (Phi) is 6.40. The number of hydrogen-bond donors (Lipinski definition) is 1. The van der Waals surface area contributed by atoms with Gasteiger partial charge in [-0.3, -0.25) is 0 Å². The summed E-state index contributed by atoms with van der Waals surface area (Å²) in [6.45, 7) is 2.94. The molecule has 1 aromatic rings. The van der Waals surface area contributed by atoms with E-state index in [0.717, 1.165) is 31.5 Å². The highest BCUT2D eigenvalue weighted by Gasteiger charge is 2.01. The molecule has 0 unspecified atom stereocenters. The molecule has 1 rings (SSSR count). The number of esters is 1. The van der Waals surface area contributed by atoms with Gasteiger partial charge in [0.2, 0.25) is 0 Å². The van der Waals surface area contributed by atoms with Gasteiger partial charge >= 0.3 is 5.97 Å². The first kappa shape index (κ1) is 13.8. The summed E-state index contributed by atoms with van der Waals surface area (Å²) >= 11 is 1.76. The van der Waals surface area contributed by atoms with E-state index in [1.54, 1.807) is 11.3 Å². The first-order valence-corrected chi connectivity index (χ1v) is 6.69. The fourth-order valence-corrected chi connectivity index (χ4v) is 2.19. The Bertz CT molecular complexity index is 358. The van der Waals surface area contributed by atoms with Gasteiger partial charge in [-0.15, -0.1) is 11.3 Å². The monoisotopic (exact) mass is 253 g/mol. The molecule has 0 aliphatic rings. The van der Waals surface area contributed by atoms with Crippen molar-refractivity contribution < 1.29 is 9.53 Å². The molecule has 0 bridgehead atoms. The molecule has 0 atom stereocenters. The van der Waals surface area contributed by atoms with Crippen LogP contribution in [0.5, 0.6) is 0 Å². The zero-order chi connectivity index (χ0) is 12.5. The fraction of sp³-hybridized carbons (Fsp3) is 0.462. The number of thiophene rings is 1. The number of methoxy groups -OCH3 is 1. The van der Waals surface area contributed by atoms with Crippen LogP contribution in [0, 0.1) is 0 Å². The summed E-state index contributed by atoms with van der Waals surface area (Å²) in [5.74, 6) is -0.294. The Morgan fingerprint density at radius 1 is 1.59 bits per heavy atom. The van der Waals surface area contributed by atoms with E-state index in [2.05, 4.69) is 34.5 Å². The topological polar surface area (TPSA) is 38.3 Å². The highest BCUT2D eigenvalue weighted by molar-refractivity contribution is 7.09. The predicted octanol–water partition coefficient (Wildman–Crippen LogP) is 2.74. The van der Waals surface area contributed by atoms with Gasteiger partial charge in [-0.2, -0.15) is 0 Å². The van der Waals surface area contributed by atoms with Crippen molar-refractivity contribution in [1.82, 2.24) is 5.32 Å². The van der Waals surface area contributed by atoms with Gasteiger partial charge < -0.3 is 10.1 Å². The summed E-state index contributed by atoms with van der Waals surface area (Å²) in [5.41, 5.74) is 0.955. The van der Waals surface area contributed by atoms with E-state index < -0.39 is 0 Å². The van der Waals surface area contributed by atoms with E-state index in [0.29, 0.717) is 0 Å². The van der Waals surface area contributed by atoms with Crippen molar-refractivity contribution >= 4 is 17.3 Å². The summed E-state index contributed by atoms with van der Waals surface area (Å²) in [7, 11) is 1.40. The number of hydrogen-bond acceptors (Lipinski definition) is 4. The molecule has 0 saturated carbocycles. The standard InChI is InChI=1S/C13H19NO2S/c1-3-5-11(10-13(15)16-2)14-8-7-12-6-4-9-17-12/h4,6,9-10,14H,3,5,7-8H2,1-2H3/b11-10-. The highest BCUT2D eigenvalue weighted by atomic mass is 32.1. The zero-order valence-electron chi connectivity index (χ0n) is 10.4. The summed E-state index contributed by atoms with van der Waals surface area (Å²) in [6.07, 6.45) is 4.41. The number of allylic oxidation sites excluding steroid dienone is 1. The second-order valence-corrected chi connectivity index (χ2v) is 4.73. The van der Waals surface area contributed by atoms with Gasteiger partial charge in [-0.1, -0.05) is 19.4 Å². The van der Waals surface area contributed by atoms with Crippen molar-refractivity contribution in [3.8, 4) is 0 Å². The lowest BCUT2D eigenvalue weighted by Gasteiger charge is -2.09. The maximum atomic E-state index is 11.2. The maximum absolute atomic E-state index is 11.2. The average Bonchev–Trinajstić information content (AvgIpc) is 2.82. The van der Waals surface area contributed by atoms with E-state index in [4.69, 9.17) is 0 Å². The van der Waals surface area contributed by atoms with Crippen LogP contribution >= 0.6 is 11.3 Å². The van der Waals surface area contributed by atoms with E-state index in [-0.39, 0.29) is 5.97 Å². The van der Waals surface area contributed by atoms with Gasteiger partial charge in [0, 0.05) is 23.2 Å². The van der Waals surface area contributed by atoms with Gasteiger partial charge in [0.15, 0.2) is 0 Å². The van der Waals surface area contributed by atoms with Gasteiger partial charge in [0.1, 0.15) is 0 Å². The third-order valence-corrected chi connectivity index (χ3v) is 3.25. The van der Waals surface area contributed by atoms with Crippen LogP contribution < -0.4 is 5.32 Å². The van der Waals surface area contributed by atoms with Gasteiger partial charge in [-0.25, -0.2) is 4.79 Å². The van der Waals surface area contributed by atoms with Crippen LogP contribution in [-0.2, 0) is 16.0 Å². The molecule has 3 nitrogen and oxygen atoms in total. The first-order valence-electron chi connectivity index (χ1n) is 5.81. The molecule has 0 aromatic carbocycles. The second-order valence-electron chi connectivity index (χ2n) is 3.70. The summed E-state index contributed by atoms with van der Waals surface area (Å²) in [5, 5.41) is 5.37. The molecular weight excluding hydrogens is 234 g/mol. The number of carbonyl (C=O) groups excluding carboxylic acids is 1. The minimum Gasteiger partial charge on any atom is -0.466 e. The van der Waals surface area contributed by atoms with Crippen LogP contribution in [0.25, 0.3) is 0 Å². The first-order chi connectivity index (χ1) is 8.26. The number of ether oxygens (including phenoxy) is 1. The molecule has 1 aromatic heterocycles. The molecule has 0 radical (unpaired) electrons. The number of carbonyl (C=O) groups is 1. The van der Waals surface area contributed by atoms with Crippen LogP contribution in [-0.4, -0.2) is 19.6 Å². The summed E-state index contributed by atoms with van der Waals surface area (Å²) < 4.78 is 4.63. The van der Waals surface area contributed by atoms with Gasteiger partial charge in [-0.05, 0) is 24.3 Å². The van der Waals surface area contributed by atoms with Crippen LogP contribution in [0.15, 0.2) is 29.3 Å². The lowest BCUT2D eigenvalue weighted by molar-refractivity contribution is -0.134. The Labute approximate surface area is 106 Å². The zero-order valence-corrected chi connectivity index (χ0v) is 11.2. The molecule has 1 heterocycles. The van der Waals surface area contributed by atoms with Crippen molar-refractivity contribution in [3.05, 3.63) is 34.2 Å². The normalized spacial score (nSPS) is 11.3. The largest absolute Gasteiger partial charge is 0.466 e. The molecule has 17 heavy (non-hydrogen) atoms. The summed E-state index contributed by atoms with van der Waals surface area (Å²) in [4.78, 5) is 12.5. The van der Waals surface area contributed by atoms with Gasteiger partial charge in [0.25, 0.3) is 0 Å². The second kappa shape index (κ2) is 7.90. The lowest BCUT2D eigenvalue weighted by Crippen LogP contribution is -2.17. The minimum atomic E-state index is -0.294. The molecular formula is C13H19NO2S. The SMILES string of the molecule is CCC/C(=C/C(=O)OC)NCCc1cccs1. The Balaban J connectivity index is 2.39. The Morgan fingerprint density at radius 2 is 2.41 bits per heavy atom. The van der Waals surface area contributed by atoms with Crippen molar-refractivity contribution in [2.75, 3.05) is 13.7 Å². The van der Waals surface area contributed by atoms with Crippen LogP contribution in [0.4, 0.5) is 0 Å². The quantitative estimate of drug-likeness (QED) is 0.600. The third kappa shape index (κ3) is 5.54. The average molecular weight is 253 g/mol. The van der Waals surface area contributed by atoms with Crippen LogP contribution in [0.1, 0.15) is 24.6 Å². The Morgan fingerprint density at radius 3 is 3.00 bits per heavy atom. The predicted molar refractivity (Wildman–Crippen MR) is 71.0 cm³/mol. The van der Waals surface area contributed by atoms with E-state index in [9.17, 15) is 4.79 Å². The molecule has 0 spiro atoms. The molecule has 1 N–H and O–H groups in total. The summed E-state index contributed by atoms with van der Waals surface area (Å²) in [6, 6.07) is 4.17. The van der Waals surface area contributed by atoms with Crippen molar-refractivity contribution in [1.29, 1.82) is 0 Å². The van der Waals surface area contributed by atoms with E-state index in [1.807, 2.05) is 0 Å². The fourth-order valence-electron chi connectivity index (χ4n) is 1.48. The molecule has 4 heteroatoms. The molecule has 94 valence electrons. The molecule has 0 fully saturated rings. The molecule has 0 amide bonds. The highest BCUT2D eigenvalue weighted by Crippen LogP contribution is 2.09. The van der Waals surface area contributed by atoms with E-state index in [1.165, 1.54) is 18.1 Å². The van der Waals surface area contributed by atoms with E-state index >= 15 is 0 Å². The van der Waals surface area contributed by atoms with Crippen LogP contribution in [0.3, 0.4) is 0 Å². The number of nitrogens with one attached hydrogen (secondary N) is 1.